The van der Waals surface area contributed by atoms with Crippen molar-refractivity contribution in [1.29, 1.82) is 0 Å². The van der Waals surface area contributed by atoms with Gasteiger partial charge >= 0.3 is 0 Å². The molecule has 1 radical (unpaired) electrons. The minimum atomic E-state index is 0. The molecule has 0 amide bonds. The van der Waals surface area contributed by atoms with Crippen LogP contribution in [-0.4, -0.2) is 25.0 Å². The van der Waals surface area contributed by atoms with Gasteiger partial charge in [-0.25, -0.2) is 0 Å². The minimum Gasteiger partial charge on any atom is -0.306 e. The molecule has 2 atom stereocenters. The minimum absolute atomic E-state index is 0. The number of nitrogens with zero attached hydrogens (tertiary/aromatic N) is 1. The van der Waals surface area contributed by atoms with E-state index in [9.17, 15) is 0 Å². The van der Waals surface area contributed by atoms with E-state index in [1.165, 1.54) is 22.3 Å². The van der Waals surface area contributed by atoms with Gasteiger partial charge in [0.25, 0.3) is 0 Å². The summed E-state index contributed by atoms with van der Waals surface area (Å²) in [5.41, 5.74) is 5.52. The summed E-state index contributed by atoms with van der Waals surface area (Å²) < 4.78 is 0. The Kier molecular flexibility index (Phi) is 4.20. The van der Waals surface area contributed by atoms with Crippen LogP contribution >= 0.6 is 0 Å². The first kappa shape index (κ1) is 14.4. The van der Waals surface area contributed by atoms with Gasteiger partial charge in [-0.2, -0.15) is 24.3 Å². The van der Waals surface area contributed by atoms with Gasteiger partial charge in [0.15, 0.2) is 0 Å². The Morgan fingerprint density at radius 1 is 1.05 bits per heavy atom. The summed E-state index contributed by atoms with van der Waals surface area (Å²) in [6.45, 7) is 2.29. The van der Waals surface area contributed by atoms with E-state index in [-0.39, 0.29) is 18.6 Å². The van der Waals surface area contributed by atoms with Gasteiger partial charge in [-0.1, -0.05) is 29.8 Å². The van der Waals surface area contributed by atoms with Crippen molar-refractivity contribution in [2.24, 2.45) is 0 Å². The van der Waals surface area contributed by atoms with Crippen molar-refractivity contribution in [2.75, 3.05) is 14.1 Å². The van der Waals surface area contributed by atoms with Crippen LogP contribution in [-0.2, 0) is 18.6 Å². The summed E-state index contributed by atoms with van der Waals surface area (Å²) in [6.07, 6.45) is 0. The topological polar surface area (TPSA) is 3.24 Å². The molecule has 19 heavy (non-hydrogen) atoms. The van der Waals surface area contributed by atoms with E-state index in [1.54, 1.807) is 0 Å². The third-order valence-corrected chi connectivity index (χ3v) is 4.08. The maximum Gasteiger partial charge on any atom is 0.0150 e. The van der Waals surface area contributed by atoms with Crippen LogP contribution in [0.3, 0.4) is 0 Å². The van der Waals surface area contributed by atoms with Crippen LogP contribution in [0.25, 0.3) is 11.1 Å². The van der Waals surface area contributed by atoms with Crippen molar-refractivity contribution in [2.45, 2.75) is 18.9 Å². The molecule has 0 bridgehead atoms. The molecule has 0 N–H and O–H groups in total. The molecular weight excluding hydrogens is 269 g/mol. The fraction of sp³-hybridized carbons (Fsp3) is 0.294. The van der Waals surface area contributed by atoms with Gasteiger partial charge in [0.05, 0.1) is 0 Å². The van der Waals surface area contributed by atoms with Crippen LogP contribution in [0.4, 0.5) is 0 Å². The number of benzene rings is 2. The van der Waals surface area contributed by atoms with Gasteiger partial charge < -0.3 is 4.90 Å². The molecule has 0 spiro atoms. The molecule has 0 aromatic heterocycles. The molecule has 0 saturated carbocycles. The van der Waals surface area contributed by atoms with Gasteiger partial charge in [-0.3, -0.25) is 0 Å². The first-order valence-electron chi connectivity index (χ1n) is 6.46. The summed E-state index contributed by atoms with van der Waals surface area (Å²) >= 11 is 0. The molecule has 1 aliphatic rings. The van der Waals surface area contributed by atoms with E-state index in [0.717, 1.165) is 0 Å². The van der Waals surface area contributed by atoms with Crippen molar-refractivity contribution in [3.8, 4) is 11.1 Å². The number of fused-ring (bicyclic) bond motifs is 3. The van der Waals surface area contributed by atoms with E-state index < -0.39 is 0 Å². The van der Waals surface area contributed by atoms with E-state index in [0.29, 0.717) is 12.0 Å². The predicted molar refractivity (Wildman–Crippen MR) is 75.7 cm³/mol. The van der Waals surface area contributed by atoms with Gasteiger partial charge in [0.1, 0.15) is 0 Å². The number of rotatable bonds is 2. The van der Waals surface area contributed by atoms with Crippen LogP contribution in [0.2, 0.25) is 0 Å². The molecule has 0 heterocycles. The molecule has 1 nitrogen and oxygen atoms in total. The van der Waals surface area contributed by atoms with E-state index in [2.05, 4.69) is 68.4 Å². The first-order valence-corrected chi connectivity index (χ1v) is 6.46. The van der Waals surface area contributed by atoms with E-state index >= 15 is 0 Å². The average molecular weight is 287 g/mol. The van der Waals surface area contributed by atoms with E-state index in [1.807, 2.05) is 6.07 Å². The van der Waals surface area contributed by atoms with Crippen molar-refractivity contribution >= 4 is 0 Å². The Morgan fingerprint density at radius 3 is 2.47 bits per heavy atom. The van der Waals surface area contributed by atoms with Crippen LogP contribution in [0.5, 0.6) is 0 Å². The van der Waals surface area contributed by atoms with Crippen molar-refractivity contribution < 1.29 is 18.6 Å². The second kappa shape index (κ2) is 5.54. The summed E-state index contributed by atoms with van der Waals surface area (Å²) in [5, 5.41) is 0. The second-order valence-electron chi connectivity index (χ2n) is 5.27. The monoisotopic (exact) mass is 287 g/mol. The summed E-state index contributed by atoms with van der Waals surface area (Å²) in [7, 11) is 4.29. The molecule has 97 valence electrons. The largest absolute Gasteiger partial charge is 0.306 e. The molecule has 0 saturated heterocycles. The van der Waals surface area contributed by atoms with Gasteiger partial charge in [-0.15, -0.1) is 11.1 Å². The zero-order valence-electron chi connectivity index (χ0n) is 11.6. The molecule has 2 unspecified atom stereocenters. The van der Waals surface area contributed by atoms with Crippen molar-refractivity contribution in [3.05, 3.63) is 59.7 Å². The van der Waals surface area contributed by atoms with Crippen molar-refractivity contribution in [3.63, 3.8) is 0 Å². The maximum absolute atomic E-state index is 3.46. The Labute approximate surface area is 127 Å². The normalized spacial score (nSPS) is 17.6. The Balaban J connectivity index is 0.00000133. The van der Waals surface area contributed by atoms with Gasteiger partial charge in [0.2, 0.25) is 0 Å². The fourth-order valence-corrected chi connectivity index (χ4v) is 2.91. The van der Waals surface area contributed by atoms with Crippen LogP contribution < -0.4 is 0 Å². The predicted octanol–water partition coefficient (Wildman–Crippen LogP) is 3.55. The number of hydrogen-bond donors (Lipinski definition) is 0. The summed E-state index contributed by atoms with van der Waals surface area (Å²) in [4.78, 5) is 2.29. The standard InChI is InChI=1S/C17H18N.V/c1-12(18(2)3)17-15-10-6-4-8-13(15)14-9-5-7-11-16(14)17;/h4-10,12,17H,1-3H3;/q-1;. The Bertz CT molecular complexity index is 531. The quantitative estimate of drug-likeness (QED) is 0.764. The number of likely N-dealkylation sites (N-methyl/N-ethyl adjacent to an activating group) is 1. The SMILES string of the molecule is CC(C1c2[c-]cccc2-c2ccccc21)N(C)C.[V]. The van der Waals surface area contributed by atoms with Gasteiger partial charge in [0, 0.05) is 30.5 Å². The smallest absolute Gasteiger partial charge is 0.0150 e. The Morgan fingerprint density at radius 2 is 1.74 bits per heavy atom. The molecule has 2 heteroatoms. The molecule has 2 aromatic carbocycles. The Hall–Kier alpha value is -1.02. The third kappa shape index (κ3) is 2.27. The zero-order chi connectivity index (χ0) is 12.7. The van der Waals surface area contributed by atoms with Crippen molar-refractivity contribution in [1.82, 2.24) is 4.90 Å². The fourth-order valence-electron chi connectivity index (χ4n) is 2.91. The third-order valence-electron chi connectivity index (χ3n) is 4.08. The molecular formula is C17H18NV-. The molecule has 2 aromatic rings. The first-order chi connectivity index (χ1) is 8.70. The van der Waals surface area contributed by atoms with Gasteiger partial charge in [-0.05, 0) is 26.6 Å². The summed E-state index contributed by atoms with van der Waals surface area (Å²) in [5.74, 6) is 0.437. The summed E-state index contributed by atoms with van der Waals surface area (Å²) in [6, 6.07) is 19.0. The molecule has 0 fully saturated rings. The average Bonchev–Trinajstić information content (AvgIpc) is 2.72. The molecule has 3 rings (SSSR count). The second-order valence-corrected chi connectivity index (χ2v) is 5.27. The van der Waals surface area contributed by atoms with Crippen LogP contribution in [0, 0.1) is 6.07 Å². The maximum atomic E-state index is 3.46. The molecule has 0 aliphatic heterocycles. The van der Waals surface area contributed by atoms with E-state index in [4.69, 9.17) is 0 Å². The van der Waals surface area contributed by atoms with Crippen LogP contribution in [0.15, 0.2) is 42.5 Å². The zero-order valence-corrected chi connectivity index (χ0v) is 13.0. The molecule has 1 aliphatic carbocycles. The number of hydrogen-bond acceptors (Lipinski definition) is 1. The van der Waals surface area contributed by atoms with Crippen LogP contribution in [0.1, 0.15) is 24.0 Å².